The molecule has 0 radical (unpaired) electrons. The number of carbonyl (C=O) groups excluding carboxylic acids is 2. The number of piperazine rings is 1. The summed E-state index contributed by atoms with van der Waals surface area (Å²) in [7, 11) is 0. The molecule has 2 unspecified atom stereocenters. The molecule has 37 heavy (non-hydrogen) atoms. The molecule has 3 atom stereocenters. The van der Waals surface area contributed by atoms with Crippen LogP contribution in [-0.2, 0) is 22.4 Å². The normalized spacial score (nSPS) is 20.2. The molecular formula is C29H28N4O4. The highest BCUT2D eigenvalue weighted by Gasteiger charge is 2.48. The van der Waals surface area contributed by atoms with E-state index >= 15 is 0 Å². The first-order chi connectivity index (χ1) is 18.0. The van der Waals surface area contributed by atoms with Crippen LogP contribution in [0.25, 0.3) is 10.9 Å². The molecule has 2 aliphatic rings. The van der Waals surface area contributed by atoms with Crippen LogP contribution in [0.4, 0.5) is 5.69 Å². The van der Waals surface area contributed by atoms with E-state index in [0.29, 0.717) is 18.5 Å². The third-order valence-electron chi connectivity index (χ3n) is 7.53. The number of aromatic nitrogens is 1. The van der Waals surface area contributed by atoms with Gasteiger partial charge in [0.15, 0.2) is 5.69 Å². The minimum absolute atomic E-state index is 0.0226. The van der Waals surface area contributed by atoms with Crippen molar-refractivity contribution in [2.24, 2.45) is 0 Å². The Balaban J connectivity index is 1.36. The maximum absolute atomic E-state index is 13.8. The number of nitrogens with zero attached hydrogens (tertiary/aromatic N) is 2. The van der Waals surface area contributed by atoms with E-state index in [4.69, 9.17) is 0 Å². The zero-order chi connectivity index (χ0) is 25.5. The van der Waals surface area contributed by atoms with Gasteiger partial charge in [0, 0.05) is 41.7 Å². The Morgan fingerprint density at radius 3 is 2.59 bits per heavy atom. The molecule has 4 aromatic rings. The van der Waals surface area contributed by atoms with Crippen molar-refractivity contribution in [1.29, 1.82) is 0 Å². The van der Waals surface area contributed by atoms with Crippen LogP contribution in [0.2, 0.25) is 0 Å². The Morgan fingerprint density at radius 1 is 1.00 bits per heavy atom. The predicted molar refractivity (Wildman–Crippen MR) is 138 cm³/mol. The molecule has 2 aliphatic heterocycles. The fraction of sp³-hybridized carbons (Fsp3) is 0.241. The highest BCUT2D eigenvalue weighted by Crippen LogP contribution is 2.42. The lowest BCUT2D eigenvalue weighted by molar-refractivity contribution is -0.991. The van der Waals surface area contributed by atoms with Crippen molar-refractivity contribution < 1.29 is 20.0 Å². The minimum atomic E-state index is -1.03. The van der Waals surface area contributed by atoms with E-state index in [-0.39, 0.29) is 24.0 Å². The summed E-state index contributed by atoms with van der Waals surface area (Å²) in [4.78, 5) is 34.3. The Hall–Kier alpha value is -3.98. The molecule has 1 fully saturated rings. The second-order valence-corrected chi connectivity index (χ2v) is 9.77. The van der Waals surface area contributed by atoms with E-state index in [1.807, 2.05) is 48.5 Å². The van der Waals surface area contributed by atoms with Gasteiger partial charge in [0.2, 0.25) is 11.8 Å². The molecule has 3 heterocycles. The first-order valence-corrected chi connectivity index (χ1v) is 12.6. The number of carbonyl (C=O) groups is 2. The van der Waals surface area contributed by atoms with E-state index in [1.165, 1.54) is 11.6 Å². The molecule has 0 spiro atoms. The first-order valence-electron chi connectivity index (χ1n) is 12.6. The van der Waals surface area contributed by atoms with Gasteiger partial charge in [-0.2, -0.15) is 5.23 Å². The van der Waals surface area contributed by atoms with Crippen molar-refractivity contribution in [2.45, 2.75) is 31.3 Å². The SMILES string of the molecule is O=C1[C@@H]2Cc3c([nH]c4ccccc34)C(c3cccc([NH+]([O-])O)c3)N2C(=O)CN1CCCc1ccccc1. The second-order valence-electron chi connectivity index (χ2n) is 9.77. The average Bonchev–Trinajstić information content (AvgIpc) is 3.29. The Kier molecular flexibility index (Phi) is 6.00. The molecule has 0 saturated carbocycles. The van der Waals surface area contributed by atoms with E-state index in [9.17, 15) is 20.0 Å². The first kappa shape index (κ1) is 23.4. The van der Waals surface area contributed by atoms with E-state index in [0.717, 1.165) is 35.0 Å². The third kappa shape index (κ3) is 4.19. The summed E-state index contributed by atoms with van der Waals surface area (Å²) >= 11 is 0. The van der Waals surface area contributed by atoms with Gasteiger partial charge in [0.25, 0.3) is 0 Å². The number of fused-ring (bicyclic) bond motifs is 4. The van der Waals surface area contributed by atoms with Crippen molar-refractivity contribution in [3.63, 3.8) is 0 Å². The van der Waals surface area contributed by atoms with Crippen molar-refractivity contribution in [2.75, 3.05) is 13.1 Å². The number of benzene rings is 3. The van der Waals surface area contributed by atoms with Crippen LogP contribution >= 0.6 is 0 Å². The van der Waals surface area contributed by atoms with Crippen LogP contribution < -0.4 is 5.23 Å². The van der Waals surface area contributed by atoms with Crippen LogP contribution in [-0.4, -0.2) is 50.9 Å². The Labute approximate surface area is 214 Å². The molecule has 0 bridgehead atoms. The number of aromatic amines is 1. The van der Waals surface area contributed by atoms with E-state index < -0.39 is 17.3 Å². The van der Waals surface area contributed by atoms with Crippen molar-refractivity contribution >= 4 is 28.4 Å². The smallest absolute Gasteiger partial charge is 0.246 e. The number of para-hydroxylation sites is 1. The quantitative estimate of drug-likeness (QED) is 0.357. The summed E-state index contributed by atoms with van der Waals surface area (Å²) in [6.45, 7) is 0.540. The maximum Gasteiger partial charge on any atom is 0.246 e. The van der Waals surface area contributed by atoms with Gasteiger partial charge in [0.1, 0.15) is 6.04 Å². The summed E-state index contributed by atoms with van der Waals surface area (Å²) in [6, 6.07) is 23.5. The highest BCUT2D eigenvalue weighted by atomic mass is 16.8. The zero-order valence-corrected chi connectivity index (χ0v) is 20.3. The van der Waals surface area contributed by atoms with Gasteiger partial charge in [-0.15, -0.1) is 0 Å². The molecule has 3 N–H and O–H groups in total. The fourth-order valence-electron chi connectivity index (χ4n) is 5.82. The van der Waals surface area contributed by atoms with Gasteiger partial charge in [0.05, 0.1) is 12.6 Å². The van der Waals surface area contributed by atoms with Crippen molar-refractivity contribution in [3.8, 4) is 0 Å². The van der Waals surface area contributed by atoms with Crippen LogP contribution in [0.5, 0.6) is 0 Å². The maximum atomic E-state index is 13.8. The number of hydrogen-bond donors (Lipinski definition) is 3. The van der Waals surface area contributed by atoms with Crippen LogP contribution in [0.3, 0.4) is 0 Å². The molecule has 188 valence electrons. The van der Waals surface area contributed by atoms with Crippen LogP contribution in [0.15, 0.2) is 78.9 Å². The molecule has 2 amide bonds. The lowest BCUT2D eigenvalue weighted by atomic mass is 9.86. The van der Waals surface area contributed by atoms with Gasteiger partial charge in [-0.25, -0.2) is 5.21 Å². The largest absolute Gasteiger partial charge is 0.595 e. The molecule has 0 aliphatic carbocycles. The molecule has 1 saturated heterocycles. The summed E-state index contributed by atoms with van der Waals surface area (Å²) in [5.41, 5.74) is 4.82. The van der Waals surface area contributed by atoms with E-state index in [2.05, 4.69) is 17.1 Å². The molecule has 6 rings (SSSR count). The minimum Gasteiger partial charge on any atom is -0.595 e. The van der Waals surface area contributed by atoms with Crippen LogP contribution in [0.1, 0.15) is 34.8 Å². The summed E-state index contributed by atoms with van der Waals surface area (Å²) in [5, 5.41) is 21.3. The standard InChI is InChI=1S/C29H28N4O4/c34-26-18-31(15-7-10-19-8-2-1-3-9-19)29(35)25-17-23-22-13-4-5-14-24(22)30-27(23)28(32(25)26)20-11-6-12-21(16-20)33(36)37/h1-6,8-9,11-14,16,25,28,30,33,36H,7,10,15,17-18H2/t25-,28?/m0/s1. The van der Waals surface area contributed by atoms with Gasteiger partial charge >= 0.3 is 0 Å². The van der Waals surface area contributed by atoms with Gasteiger partial charge in [-0.3, -0.25) is 9.59 Å². The predicted octanol–water partition coefficient (Wildman–Crippen LogP) is 2.89. The topological polar surface area (TPSA) is 104 Å². The number of aryl methyl sites for hydroxylation is 1. The summed E-state index contributed by atoms with van der Waals surface area (Å²) in [5.74, 6) is -0.178. The molecular weight excluding hydrogens is 468 g/mol. The van der Waals surface area contributed by atoms with Gasteiger partial charge in [-0.05, 0) is 35.6 Å². The lowest BCUT2D eigenvalue weighted by Crippen LogP contribution is -2.99. The van der Waals surface area contributed by atoms with Gasteiger partial charge < -0.3 is 20.0 Å². The number of hydrogen-bond acceptors (Lipinski definition) is 4. The van der Waals surface area contributed by atoms with Crippen molar-refractivity contribution in [1.82, 2.24) is 14.8 Å². The molecule has 3 aromatic carbocycles. The monoisotopic (exact) mass is 496 g/mol. The third-order valence-corrected chi connectivity index (χ3v) is 7.53. The van der Waals surface area contributed by atoms with Crippen molar-refractivity contribution in [3.05, 3.63) is 106 Å². The lowest BCUT2D eigenvalue weighted by Gasteiger charge is -2.47. The van der Waals surface area contributed by atoms with E-state index in [1.54, 1.807) is 21.9 Å². The van der Waals surface area contributed by atoms with Gasteiger partial charge in [-0.1, -0.05) is 60.7 Å². The second kappa shape index (κ2) is 9.48. The number of nitrogens with one attached hydrogen (secondary N) is 2. The zero-order valence-electron chi connectivity index (χ0n) is 20.3. The van der Waals surface area contributed by atoms with Crippen LogP contribution in [0, 0.1) is 5.21 Å². The molecule has 1 aromatic heterocycles. The number of H-pyrrole nitrogens is 1. The average molecular weight is 497 g/mol. The summed E-state index contributed by atoms with van der Waals surface area (Å²) in [6.07, 6.45) is 2.04. The Bertz CT molecular complexity index is 1470. The fourth-order valence-corrected chi connectivity index (χ4v) is 5.82. The Morgan fingerprint density at radius 2 is 1.78 bits per heavy atom. The molecule has 8 heteroatoms. The molecule has 8 nitrogen and oxygen atoms in total. The number of quaternary nitrogens is 1. The highest BCUT2D eigenvalue weighted by molar-refractivity contribution is 5.97. The number of rotatable bonds is 6. The summed E-state index contributed by atoms with van der Waals surface area (Å²) < 4.78 is 0. The number of amides is 2.